The molecule has 1 aliphatic heterocycles. The fraction of sp³-hybridized carbons (Fsp3) is 0.967. The van der Waals surface area contributed by atoms with Gasteiger partial charge in [0.2, 0.25) is 10.4 Å². The predicted octanol–water partition coefficient (Wildman–Crippen LogP) is -2.89. The molecule has 0 bridgehead atoms. The maximum absolute atomic E-state index is 12.5. The van der Waals surface area contributed by atoms with Gasteiger partial charge < -0.3 is 55.1 Å². The number of aliphatic hydroxyl groups excluding tert-OH is 7. The van der Waals surface area contributed by atoms with Gasteiger partial charge in [-0.2, -0.15) is 0 Å². The Kier molecular flexibility index (Phi) is 26.7. The molecule has 1 heterocycles. The average molecular weight is 712 g/mol. The van der Waals surface area contributed by atoms with E-state index in [0.29, 0.717) is 6.42 Å². The number of nitrogens with one attached hydrogen (secondary N) is 1. The molecule has 1 amide bonds. The minimum absolute atomic E-state index is 0. The number of carbonyl (C=O) groups excluding carboxylic acids is 1. The number of hydrogen-bond donors (Lipinski definition) is 8. The zero-order chi connectivity index (χ0) is 34.5. The van der Waals surface area contributed by atoms with Crippen molar-refractivity contribution in [3.8, 4) is 0 Å². The van der Waals surface area contributed by atoms with E-state index in [1.54, 1.807) is 0 Å². The summed E-state index contributed by atoms with van der Waals surface area (Å²) in [5, 5.41) is 73.5. The molecule has 274 valence electrons. The van der Waals surface area contributed by atoms with Crippen LogP contribution >= 0.6 is 0 Å². The molecule has 0 aromatic rings. The Morgan fingerprint density at radius 3 is 1.72 bits per heavy atom. The van der Waals surface area contributed by atoms with Crippen molar-refractivity contribution in [3.05, 3.63) is 0 Å². The molecule has 17 heteroatoms. The zero-order valence-electron chi connectivity index (χ0n) is 28.0. The average Bonchev–Trinajstić information content (AvgIpc) is 3.02. The van der Waals surface area contributed by atoms with E-state index in [2.05, 4.69) is 16.4 Å². The number of aliphatic hydroxyl groups is 7. The second-order valence-corrected chi connectivity index (χ2v) is 13.1. The summed E-state index contributed by atoms with van der Waals surface area (Å²) in [7, 11) is -5.21. The number of carbonyl (C=O) groups is 1. The Morgan fingerprint density at radius 2 is 1.28 bits per heavy atom. The van der Waals surface area contributed by atoms with Gasteiger partial charge in [0.05, 0.1) is 13.2 Å². The molecule has 8 N–H and O–H groups in total. The molecular weight excluding hydrogens is 653 g/mol. The summed E-state index contributed by atoms with van der Waals surface area (Å²) in [6.45, 7) is 0.351. The van der Waals surface area contributed by atoms with Gasteiger partial charge in [0, 0.05) is 6.54 Å². The van der Waals surface area contributed by atoms with Gasteiger partial charge in [-0.05, 0) is 6.42 Å². The van der Waals surface area contributed by atoms with E-state index in [9.17, 15) is 53.5 Å². The Labute approximate surface area is 301 Å². The van der Waals surface area contributed by atoms with Crippen LogP contribution in [-0.2, 0) is 28.9 Å². The molecule has 0 aromatic heterocycles. The summed E-state index contributed by atoms with van der Waals surface area (Å²) in [4.78, 5) is 12.5. The number of unbranched alkanes of at least 4 members (excludes halogenated alkanes) is 15. The van der Waals surface area contributed by atoms with Crippen molar-refractivity contribution in [1.29, 1.82) is 0 Å². The number of rotatable bonds is 27. The van der Waals surface area contributed by atoms with Crippen molar-refractivity contribution in [2.75, 3.05) is 19.8 Å². The standard InChI is InChI=1S/C30H59NO14S.Na/c1-2-3-4-5-6-7-8-9-10-11-12-13-14-15-16-17-18-31-29(39)26(37)25(36)28(21(33)19-32)45-30-27(38)24(35)23(34)22(44-30)20-43-46(40,41)42;/h21-28,30,32-38H,2-20H2,1H3,(H,31,39)(H,40,41,42);/q;+1/p-1/t21-,22?,23-,24+,25-,26-,27?,28-,30-;/m1./s1. The van der Waals surface area contributed by atoms with Crippen LogP contribution in [0.2, 0.25) is 0 Å². The summed E-state index contributed by atoms with van der Waals surface area (Å²) in [6, 6.07) is 0. The van der Waals surface area contributed by atoms with Gasteiger partial charge in [0.1, 0.15) is 42.7 Å². The van der Waals surface area contributed by atoms with Gasteiger partial charge in [0.15, 0.2) is 12.4 Å². The third-order valence-electron chi connectivity index (χ3n) is 8.16. The van der Waals surface area contributed by atoms with Crippen molar-refractivity contribution in [1.82, 2.24) is 5.32 Å². The van der Waals surface area contributed by atoms with Crippen LogP contribution in [0.1, 0.15) is 110 Å². The molecule has 0 aliphatic carbocycles. The van der Waals surface area contributed by atoms with Crippen molar-refractivity contribution < 1.29 is 96.7 Å². The van der Waals surface area contributed by atoms with E-state index < -0.39 is 84.6 Å². The van der Waals surface area contributed by atoms with E-state index >= 15 is 0 Å². The first-order valence-electron chi connectivity index (χ1n) is 16.7. The largest absolute Gasteiger partial charge is 1.00 e. The van der Waals surface area contributed by atoms with Gasteiger partial charge in [-0.15, -0.1) is 0 Å². The maximum atomic E-state index is 12.5. The Morgan fingerprint density at radius 1 is 0.809 bits per heavy atom. The number of hydrogen-bond acceptors (Lipinski definition) is 14. The van der Waals surface area contributed by atoms with E-state index in [4.69, 9.17) is 9.47 Å². The van der Waals surface area contributed by atoms with Gasteiger partial charge in [0.25, 0.3) is 5.91 Å². The fourth-order valence-corrected chi connectivity index (χ4v) is 5.60. The number of amides is 1. The molecule has 47 heavy (non-hydrogen) atoms. The van der Waals surface area contributed by atoms with E-state index in [1.807, 2.05) is 0 Å². The van der Waals surface area contributed by atoms with Gasteiger partial charge >= 0.3 is 29.6 Å². The molecule has 1 rings (SSSR count). The molecule has 15 nitrogen and oxygen atoms in total. The van der Waals surface area contributed by atoms with Crippen molar-refractivity contribution >= 4 is 16.3 Å². The summed E-state index contributed by atoms with van der Waals surface area (Å²) in [5.41, 5.74) is 0. The molecule has 1 fully saturated rings. The van der Waals surface area contributed by atoms with Crippen LogP contribution in [0.3, 0.4) is 0 Å². The SMILES string of the molecule is CCCCCCCCCCCCCCCCCCNC(=O)[C@H](O)[C@@H](O)[C@H](O[C@H]1OC(COS(=O)(=O)[O-])[C@@H](O)[C@H](O)C1O)[C@H](O)CO.[Na+]. The Balaban J connectivity index is 0.0000212. The number of ether oxygens (including phenoxy) is 2. The molecule has 2 unspecified atom stereocenters. The predicted molar refractivity (Wildman–Crippen MR) is 165 cm³/mol. The van der Waals surface area contributed by atoms with E-state index in [-0.39, 0.29) is 36.1 Å². The van der Waals surface area contributed by atoms with Gasteiger partial charge in [-0.3, -0.25) is 8.98 Å². The van der Waals surface area contributed by atoms with Crippen molar-refractivity contribution in [2.45, 2.75) is 165 Å². The Hall–Kier alpha value is -0.0200. The Bertz CT molecular complexity index is 904. The second kappa shape index (κ2) is 26.7. The third kappa shape index (κ3) is 19.8. The molecule has 0 saturated carbocycles. The summed E-state index contributed by atoms with van der Waals surface area (Å²) in [6.07, 6.45) is 1.24. The van der Waals surface area contributed by atoms with Crippen molar-refractivity contribution in [3.63, 3.8) is 0 Å². The van der Waals surface area contributed by atoms with Crippen LogP contribution in [0.25, 0.3) is 0 Å². The van der Waals surface area contributed by atoms with Crippen LogP contribution in [0.5, 0.6) is 0 Å². The summed E-state index contributed by atoms with van der Waals surface area (Å²) >= 11 is 0. The molecule has 0 aromatic carbocycles. The van der Waals surface area contributed by atoms with Crippen LogP contribution < -0.4 is 34.9 Å². The fourth-order valence-electron chi connectivity index (χ4n) is 5.30. The first-order chi connectivity index (χ1) is 21.8. The van der Waals surface area contributed by atoms with E-state index in [1.165, 1.54) is 70.6 Å². The normalized spacial score (nSPS) is 24.2. The maximum Gasteiger partial charge on any atom is 1.00 e. The van der Waals surface area contributed by atoms with Gasteiger partial charge in [-0.1, -0.05) is 103 Å². The quantitative estimate of drug-likeness (QED) is 0.0184. The summed E-state index contributed by atoms with van der Waals surface area (Å²) in [5.74, 6) is -0.986. The zero-order valence-corrected chi connectivity index (χ0v) is 30.8. The molecule has 9 atom stereocenters. The minimum atomic E-state index is -5.21. The first kappa shape index (κ1) is 47.0. The molecule has 0 radical (unpaired) electrons. The smallest absolute Gasteiger partial charge is 0.726 e. The molecular formula is C30H58NNaO14S. The first-order valence-corrected chi connectivity index (χ1v) is 18.1. The van der Waals surface area contributed by atoms with Crippen LogP contribution in [0, 0.1) is 0 Å². The van der Waals surface area contributed by atoms with Crippen LogP contribution in [0.4, 0.5) is 0 Å². The molecule has 0 spiro atoms. The minimum Gasteiger partial charge on any atom is -0.726 e. The molecule has 1 saturated heterocycles. The molecule has 1 aliphatic rings. The monoisotopic (exact) mass is 711 g/mol. The van der Waals surface area contributed by atoms with E-state index in [0.717, 1.165) is 25.7 Å². The summed E-state index contributed by atoms with van der Waals surface area (Å²) < 4.78 is 46.7. The van der Waals surface area contributed by atoms with Crippen LogP contribution in [0.15, 0.2) is 0 Å². The topological polar surface area (TPSA) is 256 Å². The van der Waals surface area contributed by atoms with Crippen LogP contribution in [-0.4, -0.2) is 130 Å². The van der Waals surface area contributed by atoms with Gasteiger partial charge in [-0.25, -0.2) is 8.42 Å². The second-order valence-electron chi connectivity index (χ2n) is 12.1. The van der Waals surface area contributed by atoms with Crippen molar-refractivity contribution in [2.24, 2.45) is 0 Å². The third-order valence-corrected chi connectivity index (χ3v) is 8.59.